The van der Waals surface area contributed by atoms with Crippen LogP contribution < -0.4 is 10.8 Å². The molecule has 0 aliphatic heterocycles. The fourth-order valence-corrected chi connectivity index (χ4v) is 2.66. The smallest absolute Gasteiger partial charge is 0.407 e. The molecule has 0 aromatic carbocycles. The van der Waals surface area contributed by atoms with Crippen molar-refractivity contribution in [2.45, 2.75) is 78.4 Å². The van der Waals surface area contributed by atoms with Gasteiger partial charge in [-0.25, -0.2) is 4.79 Å². The molecular weight excluding hydrogens is 346 g/mol. The Kier molecular flexibility index (Phi) is 9.28. The Hall–Kier alpha value is -2.09. The summed E-state index contributed by atoms with van der Waals surface area (Å²) < 4.78 is 7.19. The van der Waals surface area contributed by atoms with E-state index in [1.807, 2.05) is 31.6 Å². The molecule has 0 unspecified atom stereocenters. The van der Waals surface area contributed by atoms with Crippen molar-refractivity contribution in [3.63, 3.8) is 0 Å². The summed E-state index contributed by atoms with van der Waals surface area (Å²) in [5.74, 6) is 0.896. The second-order valence-corrected chi connectivity index (χ2v) is 7.67. The Morgan fingerprint density at radius 2 is 2.11 bits per heavy atom. The number of hydroxylamine groups is 1. The molecular formula is C19H35N5O3. The molecule has 0 saturated heterocycles. The Morgan fingerprint density at radius 3 is 2.67 bits per heavy atom. The number of nitrogens with zero attached hydrogens (tertiary/aromatic N) is 3. The van der Waals surface area contributed by atoms with Gasteiger partial charge < -0.3 is 10.1 Å². The third kappa shape index (κ3) is 7.99. The molecule has 0 fully saturated rings. The number of amidine groups is 1. The highest BCUT2D eigenvalue weighted by molar-refractivity contribution is 5.83. The molecule has 154 valence electrons. The van der Waals surface area contributed by atoms with Crippen LogP contribution in [0.2, 0.25) is 0 Å². The molecule has 0 radical (unpaired) electrons. The molecule has 3 N–H and O–H groups in total. The number of ether oxygens (including phenoxy) is 1. The standard InChI is InChI=1S/C19H35N5O3/c1-7-14(2)15-13-22-24(16(15)12-17(20-6)23-26)11-9-8-10-21-18(25)27-19(3,4)5/h13-14,26H,7-12H2,1-6H3,(H,20,23)(H,21,25)/t14-/m1/s1. The van der Waals surface area contributed by atoms with Crippen molar-refractivity contribution in [3.8, 4) is 0 Å². The zero-order valence-electron chi connectivity index (χ0n) is 17.5. The van der Waals surface area contributed by atoms with Gasteiger partial charge in [0.15, 0.2) is 0 Å². The van der Waals surface area contributed by atoms with E-state index in [1.54, 1.807) is 7.05 Å². The number of aryl methyl sites for hydroxylation is 1. The number of nitrogens with one attached hydrogen (secondary N) is 2. The van der Waals surface area contributed by atoms with Crippen molar-refractivity contribution in [1.29, 1.82) is 0 Å². The molecule has 0 aliphatic rings. The summed E-state index contributed by atoms with van der Waals surface area (Å²) in [6.45, 7) is 11.1. The minimum absolute atomic E-state index is 0.388. The average Bonchev–Trinajstić information content (AvgIpc) is 2.99. The van der Waals surface area contributed by atoms with Crippen LogP contribution in [-0.2, 0) is 17.7 Å². The van der Waals surface area contributed by atoms with E-state index in [-0.39, 0.29) is 6.09 Å². The molecule has 8 nitrogen and oxygen atoms in total. The Balaban J connectivity index is 2.61. The van der Waals surface area contributed by atoms with E-state index in [1.165, 1.54) is 5.56 Å². The lowest BCUT2D eigenvalue weighted by molar-refractivity contribution is 0.0527. The fourth-order valence-electron chi connectivity index (χ4n) is 2.66. The van der Waals surface area contributed by atoms with Gasteiger partial charge in [-0.15, -0.1) is 0 Å². The van der Waals surface area contributed by atoms with Crippen LogP contribution in [0.1, 0.15) is 71.1 Å². The maximum Gasteiger partial charge on any atom is 0.407 e. The minimum atomic E-state index is -0.486. The average molecular weight is 382 g/mol. The number of hydrogen-bond donors (Lipinski definition) is 3. The molecule has 1 rings (SSSR count). The van der Waals surface area contributed by atoms with E-state index < -0.39 is 5.60 Å². The van der Waals surface area contributed by atoms with Crippen molar-refractivity contribution >= 4 is 11.9 Å². The molecule has 0 saturated carbocycles. The highest BCUT2D eigenvalue weighted by atomic mass is 16.6. The van der Waals surface area contributed by atoms with E-state index >= 15 is 0 Å². The second-order valence-electron chi connectivity index (χ2n) is 7.67. The van der Waals surface area contributed by atoms with Crippen molar-refractivity contribution in [2.75, 3.05) is 13.6 Å². The number of carbonyl (C=O) groups excluding carboxylic acids is 1. The monoisotopic (exact) mass is 381 g/mol. The third-order valence-electron chi connectivity index (χ3n) is 4.32. The molecule has 1 heterocycles. The molecule has 1 aromatic heterocycles. The predicted octanol–water partition coefficient (Wildman–Crippen LogP) is 3.25. The minimum Gasteiger partial charge on any atom is -0.444 e. The topological polar surface area (TPSA) is 101 Å². The van der Waals surface area contributed by atoms with Gasteiger partial charge in [0.2, 0.25) is 0 Å². The van der Waals surface area contributed by atoms with E-state index in [4.69, 9.17) is 4.74 Å². The van der Waals surface area contributed by atoms with Crippen molar-refractivity contribution < 1.29 is 14.7 Å². The van der Waals surface area contributed by atoms with Crippen LogP contribution in [0, 0.1) is 0 Å². The lowest BCUT2D eigenvalue weighted by atomic mass is 9.97. The lowest BCUT2D eigenvalue weighted by Crippen LogP contribution is -2.33. The molecule has 0 spiro atoms. The summed E-state index contributed by atoms with van der Waals surface area (Å²) in [6.07, 6.45) is 4.73. The van der Waals surface area contributed by atoms with Crippen molar-refractivity contribution in [3.05, 3.63) is 17.5 Å². The first-order chi connectivity index (χ1) is 12.7. The summed E-state index contributed by atoms with van der Waals surface area (Å²) in [5.41, 5.74) is 3.91. The van der Waals surface area contributed by atoms with Crippen LogP contribution in [0.4, 0.5) is 4.79 Å². The molecule has 0 bridgehead atoms. The highest BCUT2D eigenvalue weighted by Crippen LogP contribution is 2.23. The molecule has 0 aliphatic carbocycles. The molecule has 27 heavy (non-hydrogen) atoms. The van der Waals surface area contributed by atoms with Crippen LogP contribution in [-0.4, -0.2) is 46.1 Å². The van der Waals surface area contributed by atoms with Gasteiger partial charge >= 0.3 is 6.09 Å². The third-order valence-corrected chi connectivity index (χ3v) is 4.32. The van der Waals surface area contributed by atoms with Crippen LogP contribution in [0.3, 0.4) is 0 Å². The summed E-state index contributed by atoms with van der Waals surface area (Å²) in [5, 5.41) is 16.5. The van der Waals surface area contributed by atoms with Crippen LogP contribution >= 0.6 is 0 Å². The fraction of sp³-hybridized carbons (Fsp3) is 0.737. The molecule has 8 heteroatoms. The Bertz CT molecular complexity index is 619. The molecule has 1 atom stereocenters. The SMILES string of the molecule is CC[C@@H](C)c1cnn(CCCCNC(=O)OC(C)(C)C)c1CC(=NC)NO. The van der Waals surface area contributed by atoms with Crippen molar-refractivity contribution in [1.82, 2.24) is 20.6 Å². The molecule has 1 amide bonds. The number of amides is 1. The Labute approximate surface area is 162 Å². The zero-order valence-corrected chi connectivity index (χ0v) is 17.5. The first-order valence-electron chi connectivity index (χ1n) is 9.59. The number of aliphatic imine (C=N–C) groups is 1. The largest absolute Gasteiger partial charge is 0.444 e. The van der Waals surface area contributed by atoms with Gasteiger partial charge in [0.05, 0.1) is 6.20 Å². The summed E-state index contributed by atoms with van der Waals surface area (Å²) in [7, 11) is 1.64. The maximum atomic E-state index is 11.6. The van der Waals surface area contributed by atoms with E-state index in [0.29, 0.717) is 24.7 Å². The van der Waals surface area contributed by atoms with E-state index in [0.717, 1.165) is 31.5 Å². The second kappa shape index (κ2) is 10.9. The molecule has 1 aromatic rings. The van der Waals surface area contributed by atoms with Gasteiger partial charge in [-0.2, -0.15) is 5.10 Å². The lowest BCUT2D eigenvalue weighted by Gasteiger charge is -2.19. The number of hydrogen-bond acceptors (Lipinski definition) is 5. The first kappa shape index (κ1) is 23.0. The first-order valence-corrected chi connectivity index (χ1v) is 9.59. The number of carbonyl (C=O) groups is 1. The summed E-state index contributed by atoms with van der Waals surface area (Å²) in [4.78, 5) is 15.7. The zero-order chi connectivity index (χ0) is 20.4. The number of unbranched alkanes of at least 4 members (excludes halogenated alkanes) is 1. The van der Waals surface area contributed by atoms with E-state index in [2.05, 4.69) is 34.7 Å². The Morgan fingerprint density at radius 1 is 1.41 bits per heavy atom. The van der Waals surface area contributed by atoms with Gasteiger partial charge in [-0.1, -0.05) is 13.8 Å². The van der Waals surface area contributed by atoms with Gasteiger partial charge in [0, 0.05) is 32.3 Å². The predicted molar refractivity (Wildman–Crippen MR) is 106 cm³/mol. The number of rotatable bonds is 9. The number of alkyl carbamates (subject to hydrolysis) is 1. The van der Waals surface area contributed by atoms with Crippen molar-refractivity contribution in [2.24, 2.45) is 4.99 Å². The van der Waals surface area contributed by atoms with Crippen LogP contribution in [0.15, 0.2) is 11.2 Å². The normalized spacial score (nSPS) is 13.4. The maximum absolute atomic E-state index is 11.6. The summed E-state index contributed by atoms with van der Waals surface area (Å²) >= 11 is 0. The van der Waals surface area contributed by atoms with Crippen LogP contribution in [0.25, 0.3) is 0 Å². The van der Waals surface area contributed by atoms with Gasteiger partial charge in [0.25, 0.3) is 0 Å². The van der Waals surface area contributed by atoms with E-state index in [9.17, 15) is 10.0 Å². The highest BCUT2D eigenvalue weighted by Gasteiger charge is 2.17. The quantitative estimate of drug-likeness (QED) is 0.264. The summed E-state index contributed by atoms with van der Waals surface area (Å²) in [6, 6.07) is 0. The van der Waals surface area contributed by atoms with Gasteiger partial charge in [-0.05, 0) is 51.5 Å². The number of aromatic nitrogens is 2. The van der Waals surface area contributed by atoms with Gasteiger partial charge in [0.1, 0.15) is 11.4 Å². The van der Waals surface area contributed by atoms with Gasteiger partial charge in [-0.3, -0.25) is 20.4 Å². The van der Waals surface area contributed by atoms with Crippen LogP contribution in [0.5, 0.6) is 0 Å².